The molecule has 0 rings (SSSR count). The van der Waals surface area contributed by atoms with Crippen LogP contribution in [0.3, 0.4) is 0 Å². The minimum atomic E-state index is 1.02. The average molecular weight is 301 g/mol. The minimum absolute atomic E-state index is 1.02. The van der Waals surface area contributed by atoms with Crippen LogP contribution in [0.1, 0.15) is 81.1 Å². The van der Waals surface area contributed by atoms with Crippen LogP contribution in [0.2, 0.25) is 0 Å². The van der Waals surface area contributed by atoms with Crippen LogP contribution in [-0.2, 0) is 0 Å². The van der Waals surface area contributed by atoms with Crippen molar-refractivity contribution in [3.63, 3.8) is 0 Å². The highest BCUT2D eigenvalue weighted by Gasteiger charge is 2.05. The Morgan fingerprint density at radius 3 is 0.773 bits per heavy atom. The molecule has 0 heterocycles. The number of rotatable bonds is 8. The van der Waals surface area contributed by atoms with Gasteiger partial charge in [0.05, 0.1) is 0 Å². The van der Waals surface area contributed by atoms with Gasteiger partial charge in [-0.15, -0.1) is 0 Å². The Bertz CT molecular complexity index is 470. The Morgan fingerprint density at radius 2 is 0.591 bits per heavy atom. The first-order valence-corrected chi connectivity index (χ1v) is 8.29. The maximum Gasteiger partial charge on any atom is -0.0109 e. The number of allylic oxidation sites excluding steroid dienone is 8. The lowest BCUT2D eigenvalue weighted by atomic mass is 9.93. The van der Waals surface area contributed by atoms with Crippen LogP contribution in [0.5, 0.6) is 0 Å². The van der Waals surface area contributed by atoms with Crippen LogP contribution in [0.25, 0.3) is 0 Å². The Morgan fingerprint density at radius 1 is 0.409 bits per heavy atom. The van der Waals surface area contributed by atoms with E-state index in [9.17, 15) is 0 Å². The van der Waals surface area contributed by atoms with Gasteiger partial charge < -0.3 is 0 Å². The van der Waals surface area contributed by atoms with Crippen molar-refractivity contribution in [3.05, 3.63) is 57.7 Å². The Labute approximate surface area is 139 Å². The van der Waals surface area contributed by atoms with Crippen LogP contribution < -0.4 is 0 Å². The maximum absolute atomic E-state index is 4.01. The van der Waals surface area contributed by atoms with E-state index in [-0.39, 0.29) is 0 Å². The fourth-order valence-corrected chi connectivity index (χ4v) is 2.61. The first-order valence-electron chi connectivity index (χ1n) is 8.29. The van der Waals surface area contributed by atoms with Crippen molar-refractivity contribution >= 4 is 0 Å². The second kappa shape index (κ2) is 9.66. The second-order valence-corrected chi connectivity index (χ2v) is 7.30. The monoisotopic (exact) mass is 300 g/mol. The molecule has 0 radical (unpaired) electrons. The van der Waals surface area contributed by atoms with E-state index >= 15 is 0 Å². The predicted molar refractivity (Wildman–Crippen MR) is 103 cm³/mol. The molecule has 0 aliphatic heterocycles. The lowest BCUT2D eigenvalue weighted by Gasteiger charge is -2.14. The predicted octanol–water partition coefficient (Wildman–Crippen LogP) is 7.71. The fraction of sp³-hybridized carbons (Fsp3) is 0.545. The summed E-state index contributed by atoms with van der Waals surface area (Å²) in [5, 5.41) is 0. The summed E-state index contributed by atoms with van der Waals surface area (Å²) in [5.74, 6) is 0. The highest BCUT2D eigenvalue weighted by Crippen LogP contribution is 2.25. The zero-order valence-corrected chi connectivity index (χ0v) is 16.2. The third-order valence-corrected chi connectivity index (χ3v) is 4.38. The molecule has 124 valence electrons. The van der Waals surface area contributed by atoms with Gasteiger partial charge in [-0.3, -0.25) is 0 Å². The quantitative estimate of drug-likeness (QED) is 0.403. The van der Waals surface area contributed by atoms with Gasteiger partial charge in [0.25, 0.3) is 0 Å². The average Bonchev–Trinajstić information content (AvgIpc) is 2.36. The van der Waals surface area contributed by atoms with Crippen molar-refractivity contribution in [1.82, 2.24) is 0 Å². The molecule has 0 aromatic carbocycles. The Hall–Kier alpha value is -1.30. The molecule has 0 spiro atoms. The van der Waals surface area contributed by atoms with Crippen LogP contribution in [0.4, 0.5) is 0 Å². The standard InChI is InChI=1S/C22H36/c1-15(2)11-17(5)19(7)13-21(9)22(10)14-20(8)18(6)12-16(3)4/h1,3,11-14H2,2,4-10H3. The molecule has 0 aliphatic rings. The number of hydrogen-bond acceptors (Lipinski definition) is 0. The van der Waals surface area contributed by atoms with Crippen molar-refractivity contribution in [1.29, 1.82) is 0 Å². The molecule has 22 heavy (non-hydrogen) atoms. The van der Waals surface area contributed by atoms with Crippen LogP contribution in [0, 0.1) is 0 Å². The molecule has 0 aromatic heterocycles. The lowest BCUT2D eigenvalue weighted by Crippen LogP contribution is -1.93. The number of hydrogen-bond donors (Lipinski definition) is 0. The van der Waals surface area contributed by atoms with E-state index in [1.165, 1.54) is 44.6 Å². The summed E-state index contributed by atoms with van der Waals surface area (Å²) in [6, 6.07) is 0. The summed E-state index contributed by atoms with van der Waals surface area (Å²) in [6.07, 6.45) is 4.21. The van der Waals surface area contributed by atoms with Gasteiger partial charge in [-0.1, -0.05) is 57.7 Å². The third kappa shape index (κ3) is 8.22. The zero-order chi connectivity index (χ0) is 17.4. The molecule has 0 aromatic rings. The molecule has 0 heteroatoms. The van der Waals surface area contributed by atoms with Gasteiger partial charge in [0, 0.05) is 0 Å². The van der Waals surface area contributed by atoms with Crippen molar-refractivity contribution in [3.8, 4) is 0 Å². The summed E-state index contributed by atoms with van der Waals surface area (Å²) in [6.45, 7) is 25.7. The molecule has 0 amide bonds. The minimum Gasteiger partial charge on any atom is -0.0998 e. The van der Waals surface area contributed by atoms with Crippen molar-refractivity contribution in [2.75, 3.05) is 0 Å². The van der Waals surface area contributed by atoms with Crippen LogP contribution >= 0.6 is 0 Å². The summed E-state index contributed by atoms with van der Waals surface area (Å²) in [4.78, 5) is 0. The molecule has 0 bridgehead atoms. The summed E-state index contributed by atoms with van der Waals surface area (Å²) in [7, 11) is 0. The van der Waals surface area contributed by atoms with E-state index in [1.807, 2.05) is 0 Å². The first kappa shape index (κ1) is 20.7. The van der Waals surface area contributed by atoms with Gasteiger partial charge in [-0.05, 0) is 81.1 Å². The molecule has 0 unspecified atom stereocenters. The van der Waals surface area contributed by atoms with Crippen molar-refractivity contribution < 1.29 is 0 Å². The van der Waals surface area contributed by atoms with E-state index in [0.29, 0.717) is 0 Å². The van der Waals surface area contributed by atoms with Gasteiger partial charge in [0.2, 0.25) is 0 Å². The van der Waals surface area contributed by atoms with Crippen molar-refractivity contribution in [2.45, 2.75) is 81.1 Å². The molecule has 0 atom stereocenters. The molecule has 0 nitrogen and oxygen atoms in total. The highest BCUT2D eigenvalue weighted by atomic mass is 14.1. The van der Waals surface area contributed by atoms with E-state index in [4.69, 9.17) is 0 Å². The summed E-state index contributed by atoms with van der Waals surface area (Å²) < 4.78 is 0. The molecule has 0 saturated carbocycles. The van der Waals surface area contributed by atoms with Gasteiger partial charge in [0.15, 0.2) is 0 Å². The SMILES string of the molecule is C=C(C)CC(C)=C(C)CC(C)=C(C)CC(C)=C(C)CC(=C)C. The molecule has 0 N–H and O–H groups in total. The first-order chi connectivity index (χ1) is 10.0. The largest absolute Gasteiger partial charge is 0.0998 e. The maximum atomic E-state index is 4.01. The normalized spacial score (nSPS) is 14.9. The van der Waals surface area contributed by atoms with E-state index in [1.54, 1.807) is 0 Å². The lowest BCUT2D eigenvalue weighted by molar-refractivity contribution is 0.949. The molecular formula is C22H36. The van der Waals surface area contributed by atoms with E-state index in [0.717, 1.165) is 25.7 Å². The Kier molecular flexibility index (Phi) is 9.09. The highest BCUT2D eigenvalue weighted by molar-refractivity contribution is 5.27. The Balaban J connectivity index is 5.01. The van der Waals surface area contributed by atoms with Gasteiger partial charge in [-0.25, -0.2) is 0 Å². The summed E-state index contributed by atoms with van der Waals surface area (Å²) in [5.41, 5.74) is 11.4. The topological polar surface area (TPSA) is 0 Å². The third-order valence-electron chi connectivity index (χ3n) is 4.38. The molecular weight excluding hydrogens is 264 g/mol. The van der Waals surface area contributed by atoms with Crippen molar-refractivity contribution in [2.24, 2.45) is 0 Å². The molecule has 0 aliphatic carbocycles. The molecule has 0 fully saturated rings. The second-order valence-electron chi connectivity index (χ2n) is 7.30. The fourth-order valence-electron chi connectivity index (χ4n) is 2.61. The van der Waals surface area contributed by atoms with E-state index < -0.39 is 0 Å². The summed E-state index contributed by atoms with van der Waals surface area (Å²) >= 11 is 0. The van der Waals surface area contributed by atoms with Gasteiger partial charge in [-0.2, -0.15) is 0 Å². The van der Waals surface area contributed by atoms with Crippen LogP contribution in [-0.4, -0.2) is 0 Å². The van der Waals surface area contributed by atoms with Gasteiger partial charge in [0.1, 0.15) is 0 Å². The van der Waals surface area contributed by atoms with Crippen LogP contribution in [0.15, 0.2) is 57.7 Å². The van der Waals surface area contributed by atoms with E-state index in [2.05, 4.69) is 68.5 Å². The zero-order valence-electron chi connectivity index (χ0n) is 16.2. The molecule has 0 saturated heterocycles. The smallest absolute Gasteiger partial charge is 0.0109 e. The van der Waals surface area contributed by atoms with Gasteiger partial charge >= 0.3 is 0 Å².